The number of thiazole rings is 1. The van der Waals surface area contributed by atoms with E-state index in [1.807, 2.05) is 6.92 Å². The number of nitrogens with zero attached hydrogens (tertiary/aromatic N) is 1. The van der Waals surface area contributed by atoms with Gasteiger partial charge in [0.15, 0.2) is 0 Å². The average Bonchev–Trinajstić information content (AvgIpc) is 2.78. The zero-order valence-electron chi connectivity index (χ0n) is 9.94. The van der Waals surface area contributed by atoms with Crippen LogP contribution in [0.4, 0.5) is 4.39 Å². The normalized spacial score (nSPS) is 10.3. The van der Waals surface area contributed by atoms with Crippen molar-refractivity contribution >= 4 is 17.2 Å². The summed E-state index contributed by atoms with van der Waals surface area (Å²) in [4.78, 5) is 16.3. The second-order valence-electron chi connectivity index (χ2n) is 3.88. The van der Waals surface area contributed by atoms with Gasteiger partial charge in [0.1, 0.15) is 10.7 Å². The van der Waals surface area contributed by atoms with Gasteiger partial charge < -0.3 is 5.32 Å². The van der Waals surface area contributed by atoms with Crippen molar-refractivity contribution in [2.24, 2.45) is 0 Å². The number of amides is 1. The minimum absolute atomic E-state index is 0.109. The molecule has 0 saturated carbocycles. The molecular formula is C13H13FN2OS. The maximum absolute atomic E-state index is 12.7. The third-order valence-electron chi connectivity index (χ3n) is 2.46. The molecule has 0 aliphatic rings. The van der Waals surface area contributed by atoms with Crippen LogP contribution in [0.5, 0.6) is 0 Å². The molecule has 1 aromatic carbocycles. The number of halogens is 1. The summed E-state index contributed by atoms with van der Waals surface area (Å²) in [5.74, 6) is -0.356. The van der Waals surface area contributed by atoms with E-state index in [1.165, 1.54) is 23.5 Å². The van der Waals surface area contributed by atoms with E-state index < -0.39 is 0 Å². The molecule has 0 bridgehead atoms. The first kappa shape index (κ1) is 12.7. The molecule has 0 atom stereocenters. The second kappa shape index (κ2) is 5.73. The summed E-state index contributed by atoms with van der Waals surface area (Å²) in [5, 5.41) is 3.69. The maximum Gasteiger partial charge on any atom is 0.263 e. The van der Waals surface area contributed by atoms with Crippen LogP contribution in [0.2, 0.25) is 0 Å². The minimum Gasteiger partial charge on any atom is -0.351 e. The fraction of sp³-hybridized carbons (Fsp3) is 0.231. The Labute approximate surface area is 109 Å². The molecule has 0 fully saturated rings. The number of nitrogens with one attached hydrogen (secondary N) is 1. The van der Waals surface area contributed by atoms with Crippen LogP contribution in [0.1, 0.15) is 20.2 Å². The molecule has 0 unspecified atom stereocenters. The Balaban J connectivity index is 1.82. The molecule has 0 aliphatic heterocycles. The molecule has 1 N–H and O–H groups in total. The van der Waals surface area contributed by atoms with Crippen LogP contribution >= 0.6 is 11.3 Å². The fourth-order valence-electron chi connectivity index (χ4n) is 1.52. The SMILES string of the molecule is Cc1ncc(C(=O)NCCc2ccc(F)cc2)s1. The second-order valence-corrected chi connectivity index (χ2v) is 5.11. The average molecular weight is 264 g/mol. The lowest BCUT2D eigenvalue weighted by Crippen LogP contribution is -2.24. The number of aryl methyl sites for hydroxylation is 1. The van der Waals surface area contributed by atoms with Crippen molar-refractivity contribution in [3.8, 4) is 0 Å². The molecule has 0 aliphatic carbocycles. The number of hydrogen-bond acceptors (Lipinski definition) is 3. The molecule has 1 aromatic heterocycles. The van der Waals surface area contributed by atoms with Crippen molar-refractivity contribution in [2.75, 3.05) is 6.54 Å². The molecule has 2 rings (SSSR count). The zero-order valence-corrected chi connectivity index (χ0v) is 10.8. The third-order valence-corrected chi connectivity index (χ3v) is 3.37. The van der Waals surface area contributed by atoms with Gasteiger partial charge in [-0.2, -0.15) is 0 Å². The van der Waals surface area contributed by atoms with E-state index in [2.05, 4.69) is 10.3 Å². The van der Waals surface area contributed by atoms with Crippen LogP contribution in [0.15, 0.2) is 30.5 Å². The molecule has 1 heterocycles. The summed E-state index contributed by atoms with van der Waals surface area (Å²) in [5.41, 5.74) is 0.997. The van der Waals surface area contributed by atoms with Crippen LogP contribution in [0.25, 0.3) is 0 Å². The zero-order chi connectivity index (χ0) is 13.0. The van der Waals surface area contributed by atoms with Gasteiger partial charge in [-0.1, -0.05) is 12.1 Å². The Morgan fingerprint density at radius 3 is 2.72 bits per heavy atom. The number of hydrogen-bond donors (Lipinski definition) is 1. The number of carbonyl (C=O) groups excluding carboxylic acids is 1. The van der Waals surface area contributed by atoms with Crippen LogP contribution in [-0.4, -0.2) is 17.4 Å². The monoisotopic (exact) mass is 264 g/mol. The lowest BCUT2D eigenvalue weighted by molar-refractivity contribution is 0.0958. The summed E-state index contributed by atoms with van der Waals surface area (Å²) in [7, 11) is 0. The predicted octanol–water partition coefficient (Wildman–Crippen LogP) is 2.56. The fourth-order valence-corrected chi connectivity index (χ4v) is 2.22. The van der Waals surface area contributed by atoms with E-state index in [9.17, 15) is 9.18 Å². The molecule has 1 amide bonds. The molecular weight excluding hydrogens is 251 g/mol. The molecule has 2 aromatic rings. The first-order chi connectivity index (χ1) is 8.65. The molecule has 94 valence electrons. The summed E-state index contributed by atoms with van der Waals surface area (Å²) < 4.78 is 12.7. The van der Waals surface area contributed by atoms with Crippen molar-refractivity contribution in [3.63, 3.8) is 0 Å². The van der Waals surface area contributed by atoms with E-state index in [-0.39, 0.29) is 11.7 Å². The number of carbonyl (C=O) groups is 1. The minimum atomic E-state index is -0.247. The van der Waals surface area contributed by atoms with Crippen LogP contribution in [-0.2, 0) is 6.42 Å². The largest absolute Gasteiger partial charge is 0.351 e. The standard InChI is InChI=1S/C13H13FN2OS/c1-9-16-8-12(18-9)13(17)15-7-6-10-2-4-11(14)5-3-10/h2-5,8H,6-7H2,1H3,(H,15,17). The van der Waals surface area contributed by atoms with Gasteiger partial charge >= 0.3 is 0 Å². The number of rotatable bonds is 4. The van der Waals surface area contributed by atoms with Crippen molar-refractivity contribution < 1.29 is 9.18 Å². The summed E-state index contributed by atoms with van der Waals surface area (Å²) in [6.07, 6.45) is 2.26. The van der Waals surface area contributed by atoms with Gasteiger partial charge in [-0.15, -0.1) is 11.3 Å². The topological polar surface area (TPSA) is 42.0 Å². The Morgan fingerprint density at radius 1 is 1.39 bits per heavy atom. The van der Waals surface area contributed by atoms with E-state index >= 15 is 0 Å². The van der Waals surface area contributed by atoms with Crippen molar-refractivity contribution in [2.45, 2.75) is 13.3 Å². The highest BCUT2D eigenvalue weighted by molar-refractivity contribution is 7.13. The van der Waals surface area contributed by atoms with Crippen LogP contribution in [0, 0.1) is 12.7 Å². The Hall–Kier alpha value is -1.75. The lowest BCUT2D eigenvalue weighted by Gasteiger charge is -2.03. The highest BCUT2D eigenvalue weighted by atomic mass is 32.1. The van der Waals surface area contributed by atoms with E-state index in [0.717, 1.165) is 10.6 Å². The first-order valence-corrected chi connectivity index (χ1v) is 6.42. The summed E-state index contributed by atoms with van der Waals surface area (Å²) in [6, 6.07) is 6.28. The highest BCUT2D eigenvalue weighted by Gasteiger charge is 2.07. The molecule has 0 spiro atoms. The highest BCUT2D eigenvalue weighted by Crippen LogP contribution is 2.11. The lowest BCUT2D eigenvalue weighted by atomic mass is 10.1. The van der Waals surface area contributed by atoms with Crippen molar-refractivity contribution in [3.05, 3.63) is 51.7 Å². The smallest absolute Gasteiger partial charge is 0.263 e. The number of aromatic nitrogens is 1. The van der Waals surface area contributed by atoms with E-state index in [1.54, 1.807) is 18.3 Å². The van der Waals surface area contributed by atoms with Gasteiger partial charge in [-0.3, -0.25) is 4.79 Å². The maximum atomic E-state index is 12.7. The van der Waals surface area contributed by atoms with Gasteiger partial charge in [0, 0.05) is 6.54 Å². The van der Waals surface area contributed by atoms with Gasteiger partial charge in [0.2, 0.25) is 0 Å². The predicted molar refractivity (Wildman–Crippen MR) is 69.3 cm³/mol. The van der Waals surface area contributed by atoms with Crippen molar-refractivity contribution in [1.82, 2.24) is 10.3 Å². The number of benzene rings is 1. The van der Waals surface area contributed by atoms with Crippen LogP contribution in [0.3, 0.4) is 0 Å². The Kier molecular flexibility index (Phi) is 4.04. The molecule has 5 heteroatoms. The Bertz CT molecular complexity index is 536. The summed E-state index contributed by atoms with van der Waals surface area (Å²) >= 11 is 1.37. The van der Waals surface area contributed by atoms with Gasteiger partial charge in [0.05, 0.1) is 11.2 Å². The third kappa shape index (κ3) is 3.37. The van der Waals surface area contributed by atoms with Gasteiger partial charge in [0.25, 0.3) is 5.91 Å². The quantitative estimate of drug-likeness (QED) is 0.922. The van der Waals surface area contributed by atoms with Crippen LogP contribution < -0.4 is 5.32 Å². The molecule has 18 heavy (non-hydrogen) atoms. The van der Waals surface area contributed by atoms with Crippen molar-refractivity contribution in [1.29, 1.82) is 0 Å². The van der Waals surface area contributed by atoms with Gasteiger partial charge in [-0.25, -0.2) is 9.37 Å². The van der Waals surface area contributed by atoms with Gasteiger partial charge in [-0.05, 0) is 31.0 Å². The molecule has 0 radical (unpaired) electrons. The van der Waals surface area contributed by atoms with E-state index in [0.29, 0.717) is 17.8 Å². The first-order valence-electron chi connectivity index (χ1n) is 5.60. The Morgan fingerprint density at radius 2 is 2.11 bits per heavy atom. The van der Waals surface area contributed by atoms with E-state index in [4.69, 9.17) is 0 Å². The molecule has 3 nitrogen and oxygen atoms in total. The summed E-state index contributed by atoms with van der Waals surface area (Å²) in [6.45, 7) is 2.39. The molecule has 0 saturated heterocycles.